The van der Waals surface area contributed by atoms with Crippen LogP contribution in [0.25, 0.3) is 0 Å². The van der Waals surface area contributed by atoms with Gasteiger partial charge in [0.15, 0.2) is 6.61 Å². The number of amides is 1. The fourth-order valence-corrected chi connectivity index (χ4v) is 3.53. The molecule has 1 aliphatic heterocycles. The zero-order valence-electron chi connectivity index (χ0n) is 16.0. The molecule has 1 aliphatic rings. The van der Waals surface area contributed by atoms with E-state index in [1.165, 1.54) is 5.56 Å². The third kappa shape index (κ3) is 3.86. The summed E-state index contributed by atoms with van der Waals surface area (Å²) in [6, 6.07) is 26.1. The van der Waals surface area contributed by atoms with Crippen LogP contribution in [0, 0.1) is 0 Å². The highest BCUT2D eigenvalue weighted by Gasteiger charge is 2.28. The van der Waals surface area contributed by atoms with E-state index in [0.717, 1.165) is 29.1 Å². The number of ether oxygens (including phenoxy) is 1. The molecular formula is C24H24N2O2. The summed E-state index contributed by atoms with van der Waals surface area (Å²) in [5.41, 5.74) is 4.21. The molecule has 0 spiro atoms. The van der Waals surface area contributed by atoms with Crippen LogP contribution >= 0.6 is 0 Å². The van der Waals surface area contributed by atoms with Crippen LogP contribution < -0.4 is 15.0 Å². The Hall–Kier alpha value is -3.27. The number of carbonyl (C=O) groups is 1. The van der Waals surface area contributed by atoms with E-state index in [1.54, 1.807) is 0 Å². The molecule has 1 heterocycles. The maximum atomic E-state index is 13.0. The molecule has 3 aromatic carbocycles. The Labute approximate surface area is 165 Å². The van der Waals surface area contributed by atoms with Gasteiger partial charge in [-0.25, -0.2) is 0 Å². The van der Waals surface area contributed by atoms with Gasteiger partial charge in [-0.1, -0.05) is 61.5 Å². The van der Waals surface area contributed by atoms with Crippen molar-refractivity contribution in [3.63, 3.8) is 0 Å². The Morgan fingerprint density at radius 2 is 1.82 bits per heavy atom. The van der Waals surface area contributed by atoms with E-state index in [9.17, 15) is 4.79 Å². The number of anilines is 2. The van der Waals surface area contributed by atoms with Crippen LogP contribution in [0.1, 0.15) is 24.1 Å². The van der Waals surface area contributed by atoms with E-state index in [4.69, 9.17) is 4.74 Å². The number of aryl methyl sites for hydroxylation is 1. The summed E-state index contributed by atoms with van der Waals surface area (Å²) in [6.45, 7) is 2.69. The minimum Gasteiger partial charge on any atom is -0.484 e. The van der Waals surface area contributed by atoms with Crippen LogP contribution in [0.2, 0.25) is 0 Å². The summed E-state index contributed by atoms with van der Waals surface area (Å²) >= 11 is 0. The average Bonchev–Trinajstić information content (AvgIpc) is 2.77. The number of para-hydroxylation sites is 2. The van der Waals surface area contributed by atoms with Crippen molar-refractivity contribution in [3.05, 3.63) is 90.0 Å². The monoisotopic (exact) mass is 372 g/mol. The van der Waals surface area contributed by atoms with Crippen molar-refractivity contribution in [1.29, 1.82) is 0 Å². The molecule has 0 saturated heterocycles. The summed E-state index contributed by atoms with van der Waals surface area (Å²) < 4.78 is 5.81. The van der Waals surface area contributed by atoms with Gasteiger partial charge in [0.25, 0.3) is 5.91 Å². The van der Waals surface area contributed by atoms with Crippen LogP contribution in [0.15, 0.2) is 78.9 Å². The van der Waals surface area contributed by atoms with E-state index >= 15 is 0 Å². The predicted octanol–water partition coefficient (Wildman–Crippen LogP) is 4.83. The van der Waals surface area contributed by atoms with Crippen molar-refractivity contribution in [2.75, 3.05) is 23.4 Å². The number of hydrogen-bond donors (Lipinski definition) is 1. The summed E-state index contributed by atoms with van der Waals surface area (Å²) in [5, 5.41) is 3.55. The van der Waals surface area contributed by atoms with E-state index < -0.39 is 0 Å². The van der Waals surface area contributed by atoms with Crippen molar-refractivity contribution in [2.24, 2.45) is 0 Å². The molecule has 3 aromatic rings. The van der Waals surface area contributed by atoms with Crippen LogP contribution in [-0.4, -0.2) is 19.1 Å². The molecule has 4 nitrogen and oxygen atoms in total. The zero-order chi connectivity index (χ0) is 19.3. The van der Waals surface area contributed by atoms with Crippen LogP contribution in [0.3, 0.4) is 0 Å². The molecular weight excluding hydrogens is 348 g/mol. The minimum atomic E-state index is -0.0446. The Morgan fingerprint density at radius 3 is 2.64 bits per heavy atom. The molecule has 0 aliphatic carbocycles. The normalized spacial score (nSPS) is 15.5. The molecule has 0 saturated carbocycles. The van der Waals surface area contributed by atoms with Crippen LogP contribution in [0.4, 0.5) is 11.4 Å². The molecule has 1 unspecified atom stereocenters. The van der Waals surface area contributed by atoms with Gasteiger partial charge in [0.05, 0.1) is 24.0 Å². The van der Waals surface area contributed by atoms with Crippen molar-refractivity contribution in [2.45, 2.75) is 19.4 Å². The highest BCUT2D eigenvalue weighted by molar-refractivity contribution is 5.98. The number of hydrogen-bond acceptors (Lipinski definition) is 3. The average molecular weight is 372 g/mol. The summed E-state index contributed by atoms with van der Waals surface area (Å²) in [6.07, 6.45) is 0.940. The second-order valence-corrected chi connectivity index (χ2v) is 6.92. The Kier molecular flexibility index (Phi) is 5.29. The first kappa shape index (κ1) is 18.1. The topological polar surface area (TPSA) is 41.6 Å². The molecule has 1 amide bonds. The summed E-state index contributed by atoms with van der Waals surface area (Å²) in [5.74, 6) is 0.688. The maximum absolute atomic E-state index is 13.0. The van der Waals surface area contributed by atoms with Crippen molar-refractivity contribution in [3.8, 4) is 5.75 Å². The number of carbonyl (C=O) groups excluding carboxylic acids is 1. The first-order chi connectivity index (χ1) is 13.7. The Morgan fingerprint density at radius 1 is 1.04 bits per heavy atom. The lowest BCUT2D eigenvalue weighted by Crippen LogP contribution is -2.43. The standard InChI is InChI=1S/C24H24N2O2/c1-2-18-9-8-12-20(15-18)28-17-24(27)26-16-22(19-10-4-3-5-11-19)25-21-13-6-7-14-23(21)26/h3-15,22,25H,2,16-17H2,1H3. The molecule has 4 rings (SSSR count). The number of nitrogens with zero attached hydrogens (tertiary/aromatic N) is 1. The fourth-order valence-electron chi connectivity index (χ4n) is 3.53. The fraction of sp³-hybridized carbons (Fsp3) is 0.208. The second-order valence-electron chi connectivity index (χ2n) is 6.92. The number of benzene rings is 3. The van der Waals surface area contributed by atoms with Crippen molar-refractivity contribution < 1.29 is 9.53 Å². The summed E-state index contributed by atoms with van der Waals surface area (Å²) in [7, 11) is 0. The molecule has 0 radical (unpaired) electrons. The molecule has 4 heteroatoms. The predicted molar refractivity (Wildman–Crippen MR) is 113 cm³/mol. The first-order valence-electron chi connectivity index (χ1n) is 9.67. The van der Waals surface area contributed by atoms with Crippen LogP contribution in [-0.2, 0) is 11.2 Å². The van der Waals surface area contributed by atoms with E-state index in [1.807, 2.05) is 65.6 Å². The number of fused-ring (bicyclic) bond motifs is 1. The highest BCUT2D eigenvalue weighted by atomic mass is 16.5. The Balaban J connectivity index is 1.53. The van der Waals surface area contributed by atoms with Gasteiger partial charge >= 0.3 is 0 Å². The molecule has 1 N–H and O–H groups in total. The maximum Gasteiger partial charge on any atom is 0.265 e. The van der Waals surface area contributed by atoms with E-state index in [0.29, 0.717) is 6.54 Å². The van der Waals surface area contributed by atoms with Gasteiger partial charge in [0, 0.05) is 0 Å². The molecule has 142 valence electrons. The number of nitrogens with one attached hydrogen (secondary N) is 1. The lowest BCUT2D eigenvalue weighted by atomic mass is 10.0. The smallest absolute Gasteiger partial charge is 0.265 e. The lowest BCUT2D eigenvalue weighted by molar-refractivity contribution is -0.120. The largest absolute Gasteiger partial charge is 0.484 e. The lowest BCUT2D eigenvalue weighted by Gasteiger charge is -2.36. The van der Waals surface area contributed by atoms with E-state index in [-0.39, 0.29) is 18.6 Å². The van der Waals surface area contributed by atoms with Gasteiger partial charge in [-0.3, -0.25) is 4.79 Å². The van der Waals surface area contributed by atoms with Crippen molar-refractivity contribution >= 4 is 17.3 Å². The SMILES string of the molecule is CCc1cccc(OCC(=O)N2CC(c3ccccc3)Nc3ccccc32)c1. The third-order valence-electron chi connectivity index (χ3n) is 5.06. The summed E-state index contributed by atoms with van der Waals surface area (Å²) in [4.78, 5) is 14.9. The molecule has 0 aromatic heterocycles. The van der Waals surface area contributed by atoms with Gasteiger partial charge in [0.1, 0.15) is 5.75 Å². The second kappa shape index (κ2) is 8.17. The zero-order valence-corrected chi connectivity index (χ0v) is 16.0. The van der Waals surface area contributed by atoms with E-state index in [2.05, 4.69) is 30.4 Å². The van der Waals surface area contributed by atoms with Gasteiger partial charge in [-0.15, -0.1) is 0 Å². The van der Waals surface area contributed by atoms with Gasteiger partial charge in [-0.2, -0.15) is 0 Å². The minimum absolute atomic E-state index is 0.0169. The molecule has 0 fully saturated rings. The molecule has 1 atom stereocenters. The quantitative estimate of drug-likeness (QED) is 0.698. The van der Waals surface area contributed by atoms with Crippen molar-refractivity contribution in [1.82, 2.24) is 0 Å². The van der Waals surface area contributed by atoms with Gasteiger partial charge in [0.2, 0.25) is 0 Å². The first-order valence-corrected chi connectivity index (χ1v) is 9.67. The highest BCUT2D eigenvalue weighted by Crippen LogP contribution is 2.35. The Bertz CT molecular complexity index is 956. The molecule has 28 heavy (non-hydrogen) atoms. The third-order valence-corrected chi connectivity index (χ3v) is 5.06. The van der Waals surface area contributed by atoms with Gasteiger partial charge in [-0.05, 0) is 41.8 Å². The van der Waals surface area contributed by atoms with Crippen LogP contribution in [0.5, 0.6) is 5.75 Å². The molecule has 0 bridgehead atoms. The van der Waals surface area contributed by atoms with Gasteiger partial charge < -0.3 is 15.0 Å². The number of rotatable bonds is 5.